The number of nitrogens with two attached hydrogens (primary N) is 1. The maximum Gasteiger partial charge on any atom is 0.260 e. The van der Waals surface area contributed by atoms with E-state index >= 15 is 0 Å². The highest BCUT2D eigenvalue weighted by atomic mass is 16.2. The van der Waals surface area contributed by atoms with Crippen LogP contribution in [0.1, 0.15) is 22.3 Å². The summed E-state index contributed by atoms with van der Waals surface area (Å²) in [4.78, 5) is 25.1. The number of benzene rings is 2. The number of hydrogen-bond donors (Lipinski definition) is 1. The van der Waals surface area contributed by atoms with Gasteiger partial charge in [-0.05, 0) is 42.5 Å². The van der Waals surface area contributed by atoms with Gasteiger partial charge >= 0.3 is 0 Å². The lowest BCUT2D eigenvalue weighted by Crippen LogP contribution is -2.28. The van der Waals surface area contributed by atoms with Crippen LogP contribution in [-0.4, -0.2) is 10.5 Å². The van der Waals surface area contributed by atoms with Crippen LogP contribution in [0.5, 0.6) is 0 Å². The molecular weight excluding hydrogens is 288 g/mol. The Kier molecular flexibility index (Phi) is 3.98. The fourth-order valence-corrected chi connectivity index (χ4v) is 2.71. The largest absolute Gasteiger partial charge is 0.399 e. The molecule has 0 unspecified atom stereocenters. The summed E-state index contributed by atoms with van der Waals surface area (Å²) in [7, 11) is 0. The average molecular weight is 306 g/mol. The van der Waals surface area contributed by atoms with Crippen molar-refractivity contribution in [3.63, 3.8) is 0 Å². The molecule has 1 heterocycles. The number of rotatable bonds is 3. The summed E-state index contributed by atoms with van der Waals surface area (Å²) in [6, 6.07) is 16.8. The standard InChI is InChI=1S/C19H18N2O2/c1-13-11-15-8-9-16(20)12-17(15)21(19(13)23)18(22)10-7-14-5-3-2-4-6-14/h2-6,8-9,11-12H,7,10,20H2,1H3. The minimum Gasteiger partial charge on any atom is -0.399 e. The summed E-state index contributed by atoms with van der Waals surface area (Å²) in [5.41, 5.74) is 8.27. The van der Waals surface area contributed by atoms with Gasteiger partial charge in [-0.15, -0.1) is 0 Å². The van der Waals surface area contributed by atoms with E-state index in [1.807, 2.05) is 36.4 Å². The third-order valence-electron chi connectivity index (χ3n) is 3.93. The summed E-state index contributed by atoms with van der Waals surface area (Å²) < 4.78 is 1.25. The molecular formula is C19H18N2O2. The molecule has 2 N–H and O–H groups in total. The first-order valence-corrected chi connectivity index (χ1v) is 7.55. The van der Waals surface area contributed by atoms with Gasteiger partial charge in [0.25, 0.3) is 5.56 Å². The van der Waals surface area contributed by atoms with Crippen LogP contribution in [-0.2, 0) is 6.42 Å². The normalized spacial score (nSPS) is 10.8. The van der Waals surface area contributed by atoms with Crippen molar-refractivity contribution in [3.05, 3.63) is 76.1 Å². The first kappa shape index (κ1) is 15.0. The lowest BCUT2D eigenvalue weighted by molar-refractivity contribution is 0.0904. The molecule has 0 bridgehead atoms. The minimum atomic E-state index is -0.277. The van der Waals surface area contributed by atoms with Crippen molar-refractivity contribution >= 4 is 22.5 Å². The molecule has 0 aliphatic heterocycles. The lowest BCUT2D eigenvalue weighted by Gasteiger charge is -2.11. The molecule has 0 saturated carbocycles. The highest BCUT2D eigenvalue weighted by Crippen LogP contribution is 2.18. The van der Waals surface area contributed by atoms with Crippen molar-refractivity contribution in [2.24, 2.45) is 0 Å². The van der Waals surface area contributed by atoms with Gasteiger partial charge in [-0.3, -0.25) is 9.59 Å². The first-order valence-electron chi connectivity index (χ1n) is 7.55. The van der Waals surface area contributed by atoms with Gasteiger partial charge in [0.15, 0.2) is 0 Å². The Labute approximate surface area is 134 Å². The van der Waals surface area contributed by atoms with E-state index in [9.17, 15) is 9.59 Å². The third-order valence-corrected chi connectivity index (χ3v) is 3.93. The van der Waals surface area contributed by atoms with Crippen molar-refractivity contribution in [3.8, 4) is 0 Å². The predicted molar refractivity (Wildman–Crippen MR) is 92.7 cm³/mol. The molecule has 0 atom stereocenters. The molecule has 23 heavy (non-hydrogen) atoms. The number of fused-ring (bicyclic) bond motifs is 1. The monoisotopic (exact) mass is 306 g/mol. The second-order valence-electron chi connectivity index (χ2n) is 5.67. The van der Waals surface area contributed by atoms with Gasteiger partial charge in [0.2, 0.25) is 5.91 Å². The van der Waals surface area contributed by atoms with E-state index in [1.54, 1.807) is 25.1 Å². The van der Waals surface area contributed by atoms with Crippen LogP contribution >= 0.6 is 0 Å². The Morgan fingerprint density at radius 3 is 2.57 bits per heavy atom. The van der Waals surface area contributed by atoms with Gasteiger partial charge in [-0.2, -0.15) is 0 Å². The number of nitrogen functional groups attached to an aromatic ring is 1. The smallest absolute Gasteiger partial charge is 0.260 e. The Hall–Kier alpha value is -2.88. The summed E-state index contributed by atoms with van der Waals surface area (Å²) in [5.74, 6) is -0.210. The highest BCUT2D eigenvalue weighted by molar-refractivity contribution is 5.93. The van der Waals surface area contributed by atoms with E-state index in [4.69, 9.17) is 5.73 Å². The van der Waals surface area contributed by atoms with E-state index in [0.717, 1.165) is 10.9 Å². The summed E-state index contributed by atoms with van der Waals surface area (Å²) in [5, 5.41) is 0.837. The van der Waals surface area contributed by atoms with Crippen LogP contribution < -0.4 is 11.3 Å². The van der Waals surface area contributed by atoms with Crippen molar-refractivity contribution in [2.75, 3.05) is 5.73 Å². The number of aryl methyl sites for hydroxylation is 2. The molecule has 0 fully saturated rings. The maximum absolute atomic E-state index is 12.6. The van der Waals surface area contributed by atoms with E-state index in [2.05, 4.69) is 0 Å². The Morgan fingerprint density at radius 1 is 1.09 bits per heavy atom. The number of hydrogen-bond acceptors (Lipinski definition) is 3. The molecule has 0 aliphatic carbocycles. The number of carbonyl (C=O) groups excluding carboxylic acids is 1. The molecule has 116 valence electrons. The van der Waals surface area contributed by atoms with Gasteiger partial charge in [0.05, 0.1) is 5.52 Å². The van der Waals surface area contributed by atoms with E-state index < -0.39 is 0 Å². The molecule has 0 saturated heterocycles. The van der Waals surface area contributed by atoms with Crippen molar-refractivity contribution in [1.29, 1.82) is 0 Å². The van der Waals surface area contributed by atoms with Gasteiger partial charge in [0.1, 0.15) is 0 Å². The lowest BCUT2D eigenvalue weighted by atomic mass is 10.1. The zero-order chi connectivity index (χ0) is 16.4. The number of carbonyl (C=O) groups is 1. The second kappa shape index (κ2) is 6.08. The second-order valence-corrected chi connectivity index (χ2v) is 5.67. The predicted octanol–water partition coefficient (Wildman–Crippen LogP) is 3.17. The Morgan fingerprint density at radius 2 is 1.83 bits per heavy atom. The molecule has 4 nitrogen and oxygen atoms in total. The third kappa shape index (κ3) is 3.01. The van der Waals surface area contributed by atoms with Crippen LogP contribution in [0.4, 0.5) is 5.69 Å². The van der Waals surface area contributed by atoms with Crippen LogP contribution in [0, 0.1) is 6.92 Å². The Balaban J connectivity index is 2.01. The van der Waals surface area contributed by atoms with Crippen LogP contribution in [0.25, 0.3) is 10.9 Å². The highest BCUT2D eigenvalue weighted by Gasteiger charge is 2.13. The minimum absolute atomic E-state index is 0.210. The number of aromatic nitrogens is 1. The van der Waals surface area contributed by atoms with Gasteiger partial charge in [-0.25, -0.2) is 4.57 Å². The van der Waals surface area contributed by atoms with Crippen LogP contribution in [0.2, 0.25) is 0 Å². The average Bonchev–Trinajstić information content (AvgIpc) is 2.55. The quantitative estimate of drug-likeness (QED) is 0.756. The van der Waals surface area contributed by atoms with Crippen LogP contribution in [0.3, 0.4) is 0 Å². The molecule has 1 aromatic heterocycles. The summed E-state index contributed by atoms with van der Waals surface area (Å²) in [6.07, 6.45) is 0.876. The van der Waals surface area contributed by atoms with Gasteiger partial charge < -0.3 is 5.73 Å². The molecule has 0 radical (unpaired) electrons. The fourth-order valence-electron chi connectivity index (χ4n) is 2.71. The summed E-state index contributed by atoms with van der Waals surface area (Å²) >= 11 is 0. The molecule has 0 spiro atoms. The topological polar surface area (TPSA) is 65.1 Å². The number of pyridine rings is 1. The van der Waals surface area contributed by atoms with Crippen molar-refractivity contribution in [1.82, 2.24) is 4.57 Å². The SMILES string of the molecule is Cc1cc2ccc(N)cc2n(C(=O)CCc2ccccc2)c1=O. The van der Waals surface area contributed by atoms with Gasteiger partial charge in [0, 0.05) is 17.7 Å². The molecule has 0 aliphatic rings. The maximum atomic E-state index is 12.6. The molecule has 4 heteroatoms. The molecule has 3 aromatic rings. The first-order chi connectivity index (χ1) is 11.1. The Bertz CT molecular complexity index is 927. The fraction of sp³-hybridized carbons (Fsp3) is 0.158. The molecule has 3 rings (SSSR count). The molecule has 2 aromatic carbocycles. The zero-order valence-corrected chi connectivity index (χ0v) is 13.0. The zero-order valence-electron chi connectivity index (χ0n) is 13.0. The summed E-state index contributed by atoms with van der Waals surface area (Å²) in [6.45, 7) is 1.72. The number of anilines is 1. The van der Waals surface area contributed by atoms with E-state index in [0.29, 0.717) is 23.2 Å². The van der Waals surface area contributed by atoms with Crippen molar-refractivity contribution < 1.29 is 4.79 Å². The van der Waals surface area contributed by atoms with E-state index in [-0.39, 0.29) is 17.9 Å². The van der Waals surface area contributed by atoms with Crippen molar-refractivity contribution in [2.45, 2.75) is 19.8 Å². The molecule has 0 amide bonds. The number of nitrogens with zero attached hydrogens (tertiary/aromatic N) is 1. The van der Waals surface area contributed by atoms with Crippen LogP contribution in [0.15, 0.2) is 59.4 Å². The van der Waals surface area contributed by atoms with E-state index in [1.165, 1.54) is 4.57 Å². The van der Waals surface area contributed by atoms with Gasteiger partial charge in [-0.1, -0.05) is 36.4 Å².